The summed E-state index contributed by atoms with van der Waals surface area (Å²) >= 11 is 0. The van der Waals surface area contributed by atoms with Gasteiger partial charge in [-0.15, -0.1) is 0 Å². The summed E-state index contributed by atoms with van der Waals surface area (Å²) < 4.78 is 9.18. The first-order valence-electron chi connectivity index (χ1n) is 11.4. The molecule has 0 spiro atoms. The van der Waals surface area contributed by atoms with Gasteiger partial charge in [0.05, 0.1) is 11.1 Å². The van der Waals surface area contributed by atoms with E-state index in [0.717, 1.165) is 19.4 Å². The van der Waals surface area contributed by atoms with Crippen molar-refractivity contribution in [1.82, 2.24) is 34.5 Å². The van der Waals surface area contributed by atoms with E-state index in [1.807, 2.05) is 6.07 Å². The molecule has 12 nitrogen and oxygen atoms in total. The number of carbonyl (C=O) groups is 1. The van der Waals surface area contributed by atoms with E-state index in [0.29, 0.717) is 28.3 Å². The number of piperidine rings is 1. The standard InChI is InChI=1S/C22H30N8O4/c1-11-8-12(4-6-28(11)2)26-21(33)18-16(31)17(32)22(34-18)30-9-13(14-5-7-29(3)27-14)15-19(23)24-10-25-20(15)30/h5,7,9-12,16-18,22,31-32H,4,6,8H2,1-3H3,(H,26,33)(H2,23,24,25)/t11-,12-,16-,17+,18-,22?/m0/s1. The third kappa shape index (κ3) is 3.82. The molecule has 2 aliphatic heterocycles. The van der Waals surface area contributed by atoms with E-state index in [2.05, 4.69) is 39.3 Å². The largest absolute Gasteiger partial charge is 0.387 e. The third-order valence-electron chi connectivity index (χ3n) is 6.95. The summed E-state index contributed by atoms with van der Waals surface area (Å²) in [6, 6.07) is 2.15. The Bertz CT molecular complexity index is 1210. The number of fused-ring (bicyclic) bond motifs is 1. The van der Waals surface area contributed by atoms with Gasteiger partial charge in [0.25, 0.3) is 5.91 Å². The van der Waals surface area contributed by atoms with Gasteiger partial charge >= 0.3 is 0 Å². The van der Waals surface area contributed by atoms with Gasteiger partial charge in [-0.25, -0.2) is 9.97 Å². The van der Waals surface area contributed by atoms with Crippen molar-refractivity contribution in [2.24, 2.45) is 7.05 Å². The lowest BCUT2D eigenvalue weighted by Crippen LogP contribution is -2.51. The molecule has 182 valence electrons. The lowest BCUT2D eigenvalue weighted by atomic mass is 9.98. The number of nitrogen functional groups attached to an aromatic ring is 1. The third-order valence-corrected chi connectivity index (χ3v) is 6.95. The molecule has 5 N–H and O–H groups in total. The minimum absolute atomic E-state index is 0.0126. The Hall–Kier alpha value is -3.06. The minimum atomic E-state index is -1.40. The number of carbonyl (C=O) groups excluding carboxylic acids is 1. The highest BCUT2D eigenvalue weighted by molar-refractivity contribution is 5.99. The SMILES string of the molecule is C[C@H]1C[C@@H](NC(=O)[C@H]2OC(n3cc(-c4ccn(C)n4)c4c(N)ncnc43)[C@H](O)[C@@H]2O)CCN1C. The monoisotopic (exact) mass is 470 g/mol. The molecule has 5 rings (SSSR count). The number of amides is 1. The fourth-order valence-corrected chi connectivity index (χ4v) is 4.87. The fraction of sp³-hybridized carbons (Fsp3) is 0.545. The van der Waals surface area contributed by atoms with Crippen LogP contribution in [0.1, 0.15) is 26.0 Å². The van der Waals surface area contributed by atoms with E-state index in [-0.39, 0.29) is 11.9 Å². The first-order chi connectivity index (χ1) is 16.2. The predicted octanol–water partition coefficient (Wildman–Crippen LogP) is -0.368. The number of aromatic nitrogens is 5. The number of anilines is 1. The Morgan fingerprint density at radius 3 is 2.76 bits per heavy atom. The van der Waals surface area contributed by atoms with E-state index < -0.39 is 30.4 Å². The summed E-state index contributed by atoms with van der Waals surface area (Å²) in [5.41, 5.74) is 7.87. The number of nitrogens with one attached hydrogen (secondary N) is 1. The zero-order valence-electron chi connectivity index (χ0n) is 19.4. The molecule has 2 fully saturated rings. The molecular weight excluding hydrogens is 440 g/mol. The van der Waals surface area contributed by atoms with Gasteiger partial charge in [-0.3, -0.25) is 9.48 Å². The maximum atomic E-state index is 13.0. The number of rotatable bonds is 4. The molecule has 0 aliphatic carbocycles. The number of hydrogen-bond acceptors (Lipinski definition) is 9. The van der Waals surface area contributed by atoms with Crippen molar-refractivity contribution < 1.29 is 19.7 Å². The molecule has 0 bridgehead atoms. The topological polar surface area (TPSA) is 157 Å². The van der Waals surface area contributed by atoms with Crippen LogP contribution >= 0.6 is 0 Å². The zero-order valence-corrected chi connectivity index (χ0v) is 19.4. The molecular formula is C22H30N8O4. The Labute approximate surface area is 196 Å². The van der Waals surface area contributed by atoms with Crippen LogP contribution in [0.4, 0.5) is 5.82 Å². The van der Waals surface area contributed by atoms with Crippen molar-refractivity contribution in [3.05, 3.63) is 24.8 Å². The molecule has 2 saturated heterocycles. The van der Waals surface area contributed by atoms with E-state index in [4.69, 9.17) is 10.5 Å². The summed E-state index contributed by atoms with van der Waals surface area (Å²) in [7, 11) is 3.86. The molecule has 0 aromatic carbocycles. The molecule has 2 aliphatic rings. The van der Waals surface area contributed by atoms with Crippen LogP contribution in [0.3, 0.4) is 0 Å². The Balaban J connectivity index is 1.43. The van der Waals surface area contributed by atoms with Crippen molar-refractivity contribution in [3.63, 3.8) is 0 Å². The average Bonchev–Trinajstić information content (AvgIpc) is 3.48. The number of likely N-dealkylation sites (tertiary alicyclic amines) is 1. The lowest BCUT2D eigenvalue weighted by Gasteiger charge is -2.35. The molecule has 12 heteroatoms. The maximum absolute atomic E-state index is 13.0. The molecule has 3 aromatic rings. The highest BCUT2D eigenvalue weighted by Gasteiger charge is 2.48. The van der Waals surface area contributed by atoms with Crippen molar-refractivity contribution in [2.75, 3.05) is 19.3 Å². The predicted molar refractivity (Wildman–Crippen MR) is 123 cm³/mol. The van der Waals surface area contributed by atoms with E-state index >= 15 is 0 Å². The van der Waals surface area contributed by atoms with Gasteiger partial charge in [0.2, 0.25) is 0 Å². The summed E-state index contributed by atoms with van der Waals surface area (Å²) in [5, 5.41) is 29.5. The second kappa shape index (κ2) is 8.62. The van der Waals surface area contributed by atoms with Gasteiger partial charge in [0.1, 0.15) is 30.0 Å². The molecule has 0 saturated carbocycles. The molecule has 5 heterocycles. The van der Waals surface area contributed by atoms with Crippen molar-refractivity contribution in [1.29, 1.82) is 0 Å². The lowest BCUT2D eigenvalue weighted by molar-refractivity contribution is -0.138. The number of aliphatic hydroxyl groups excluding tert-OH is 2. The van der Waals surface area contributed by atoms with Gasteiger partial charge < -0.3 is 35.5 Å². The zero-order chi connectivity index (χ0) is 24.1. The maximum Gasteiger partial charge on any atom is 0.252 e. The number of hydrogen-bond donors (Lipinski definition) is 4. The van der Waals surface area contributed by atoms with Crippen LogP contribution in [0.5, 0.6) is 0 Å². The number of aliphatic hydroxyl groups is 2. The summed E-state index contributed by atoms with van der Waals surface area (Å²) in [6.07, 6.45) is 1.43. The number of nitrogens with zero attached hydrogens (tertiary/aromatic N) is 6. The number of ether oxygens (including phenoxy) is 1. The number of nitrogens with two attached hydrogens (primary N) is 1. The van der Waals surface area contributed by atoms with E-state index in [9.17, 15) is 15.0 Å². The molecule has 1 amide bonds. The Morgan fingerprint density at radius 1 is 1.26 bits per heavy atom. The van der Waals surface area contributed by atoms with Crippen LogP contribution in [-0.2, 0) is 16.6 Å². The average molecular weight is 471 g/mol. The Morgan fingerprint density at radius 2 is 2.06 bits per heavy atom. The highest BCUT2D eigenvalue weighted by atomic mass is 16.6. The first kappa shape index (κ1) is 22.7. The van der Waals surface area contributed by atoms with Crippen molar-refractivity contribution in [2.45, 2.75) is 56.4 Å². The molecule has 3 aromatic heterocycles. The van der Waals surface area contributed by atoms with Crippen LogP contribution in [-0.4, -0.2) is 89.3 Å². The second-order valence-corrected chi connectivity index (χ2v) is 9.27. The van der Waals surface area contributed by atoms with Crippen LogP contribution in [0.15, 0.2) is 24.8 Å². The number of aryl methyl sites for hydroxylation is 1. The minimum Gasteiger partial charge on any atom is -0.387 e. The van der Waals surface area contributed by atoms with Crippen LogP contribution in [0.2, 0.25) is 0 Å². The normalized spacial score (nSPS) is 30.1. The molecule has 1 unspecified atom stereocenters. The molecule has 34 heavy (non-hydrogen) atoms. The molecule has 6 atom stereocenters. The van der Waals surface area contributed by atoms with Crippen molar-refractivity contribution in [3.8, 4) is 11.3 Å². The summed E-state index contributed by atoms with van der Waals surface area (Å²) in [4.78, 5) is 23.7. The van der Waals surface area contributed by atoms with E-state index in [1.54, 1.807) is 28.7 Å². The van der Waals surface area contributed by atoms with E-state index in [1.165, 1.54) is 6.33 Å². The van der Waals surface area contributed by atoms with Crippen LogP contribution < -0.4 is 11.1 Å². The smallest absolute Gasteiger partial charge is 0.252 e. The van der Waals surface area contributed by atoms with Gasteiger partial charge in [-0.05, 0) is 32.9 Å². The van der Waals surface area contributed by atoms with Crippen molar-refractivity contribution >= 4 is 22.8 Å². The Kier molecular flexibility index (Phi) is 5.76. The van der Waals surface area contributed by atoms with Gasteiger partial charge in [0.15, 0.2) is 12.3 Å². The first-order valence-corrected chi connectivity index (χ1v) is 11.4. The quantitative estimate of drug-likeness (QED) is 0.399. The molecule has 0 radical (unpaired) electrons. The van der Waals surface area contributed by atoms with Gasteiger partial charge in [-0.2, -0.15) is 5.10 Å². The summed E-state index contributed by atoms with van der Waals surface area (Å²) in [6.45, 7) is 2.99. The van der Waals surface area contributed by atoms with Crippen LogP contribution in [0.25, 0.3) is 22.3 Å². The highest BCUT2D eigenvalue weighted by Crippen LogP contribution is 2.38. The second-order valence-electron chi connectivity index (χ2n) is 9.27. The van der Waals surface area contributed by atoms with Gasteiger partial charge in [-0.1, -0.05) is 0 Å². The van der Waals surface area contributed by atoms with Gasteiger partial charge in [0, 0.05) is 43.6 Å². The van der Waals surface area contributed by atoms with Crippen LogP contribution in [0, 0.1) is 0 Å². The summed E-state index contributed by atoms with van der Waals surface area (Å²) in [5.74, 6) is -0.186. The fourth-order valence-electron chi connectivity index (χ4n) is 4.87.